The summed E-state index contributed by atoms with van der Waals surface area (Å²) in [5, 5.41) is 0. The van der Waals surface area contributed by atoms with Gasteiger partial charge in [-0.3, -0.25) is 4.79 Å². The van der Waals surface area contributed by atoms with Crippen molar-refractivity contribution in [3.05, 3.63) is 0 Å². The molecule has 2 saturated carbocycles. The number of ether oxygens (including phenoxy) is 1. The van der Waals surface area contributed by atoms with Crippen LogP contribution in [0, 0.1) is 17.8 Å². The molecule has 2 fully saturated rings. The Kier molecular flexibility index (Phi) is 3.19. The van der Waals surface area contributed by atoms with Gasteiger partial charge in [-0.1, -0.05) is 0 Å². The molecule has 2 bridgehead atoms. The number of methoxy groups -OCH3 is 1. The van der Waals surface area contributed by atoms with Crippen molar-refractivity contribution in [3.8, 4) is 0 Å². The molecule has 0 radical (unpaired) electrons. The minimum Gasteiger partial charge on any atom is -0.469 e. The van der Waals surface area contributed by atoms with Crippen molar-refractivity contribution in [2.24, 2.45) is 23.5 Å². The van der Waals surface area contributed by atoms with Gasteiger partial charge >= 0.3 is 5.97 Å². The van der Waals surface area contributed by atoms with E-state index >= 15 is 0 Å². The third-order valence-corrected chi connectivity index (χ3v) is 3.45. The molecule has 0 heterocycles. The average Bonchev–Trinajstić information content (AvgIpc) is 2.63. The van der Waals surface area contributed by atoms with E-state index < -0.39 is 0 Å². The summed E-state index contributed by atoms with van der Waals surface area (Å²) >= 11 is 0. The van der Waals surface area contributed by atoms with E-state index in [-0.39, 0.29) is 30.3 Å². The Labute approximate surface area is 84.4 Å². The van der Waals surface area contributed by atoms with Crippen molar-refractivity contribution in [2.75, 3.05) is 7.11 Å². The average molecular weight is 206 g/mol. The molecule has 13 heavy (non-hydrogen) atoms. The maximum Gasteiger partial charge on any atom is 0.310 e. The van der Waals surface area contributed by atoms with Gasteiger partial charge in [0.15, 0.2) is 0 Å². The number of halogens is 1. The quantitative estimate of drug-likeness (QED) is 0.649. The molecule has 2 aliphatic carbocycles. The van der Waals surface area contributed by atoms with E-state index in [0.717, 1.165) is 12.8 Å². The lowest BCUT2D eigenvalue weighted by Gasteiger charge is -2.25. The van der Waals surface area contributed by atoms with Crippen molar-refractivity contribution in [1.29, 1.82) is 0 Å². The van der Waals surface area contributed by atoms with E-state index in [1.54, 1.807) is 0 Å². The molecule has 0 aromatic rings. The monoisotopic (exact) mass is 205 g/mol. The number of carbonyl (C=O) groups excluding carboxylic acids is 1. The Morgan fingerprint density at radius 2 is 2.00 bits per heavy atom. The van der Waals surface area contributed by atoms with E-state index in [0.29, 0.717) is 11.8 Å². The molecule has 3 nitrogen and oxygen atoms in total. The molecule has 0 aromatic carbocycles. The van der Waals surface area contributed by atoms with Crippen LogP contribution in [0.4, 0.5) is 0 Å². The molecule has 2 rings (SSSR count). The Balaban J connectivity index is 0.000000845. The highest BCUT2D eigenvalue weighted by Gasteiger charge is 2.49. The second kappa shape index (κ2) is 3.84. The second-order valence-electron chi connectivity index (χ2n) is 3.96. The van der Waals surface area contributed by atoms with Gasteiger partial charge in [0.25, 0.3) is 0 Å². The fourth-order valence-electron chi connectivity index (χ4n) is 2.82. The van der Waals surface area contributed by atoms with Crippen LogP contribution in [0.3, 0.4) is 0 Å². The van der Waals surface area contributed by atoms with Gasteiger partial charge in [-0.15, -0.1) is 12.4 Å². The van der Waals surface area contributed by atoms with Gasteiger partial charge in [-0.25, -0.2) is 0 Å². The Bertz CT molecular complexity index is 208. The zero-order valence-electron chi connectivity index (χ0n) is 7.73. The fourth-order valence-corrected chi connectivity index (χ4v) is 2.82. The summed E-state index contributed by atoms with van der Waals surface area (Å²) in [5.41, 5.74) is 5.94. The Morgan fingerprint density at radius 3 is 2.46 bits per heavy atom. The molecule has 2 aliphatic rings. The highest BCUT2D eigenvalue weighted by Crippen LogP contribution is 2.47. The van der Waals surface area contributed by atoms with Crippen LogP contribution in [0.5, 0.6) is 0 Å². The highest BCUT2D eigenvalue weighted by atomic mass is 35.5. The van der Waals surface area contributed by atoms with Crippen molar-refractivity contribution in [1.82, 2.24) is 0 Å². The van der Waals surface area contributed by atoms with Gasteiger partial charge in [-0.2, -0.15) is 0 Å². The fraction of sp³-hybridized carbons (Fsp3) is 0.889. The first-order chi connectivity index (χ1) is 5.74. The summed E-state index contributed by atoms with van der Waals surface area (Å²) in [6.45, 7) is 0. The minimum absolute atomic E-state index is 0. The normalized spacial score (nSPS) is 41.4. The summed E-state index contributed by atoms with van der Waals surface area (Å²) in [5.74, 6) is 0.986. The van der Waals surface area contributed by atoms with E-state index in [2.05, 4.69) is 0 Å². The van der Waals surface area contributed by atoms with E-state index in [1.165, 1.54) is 13.5 Å². The second-order valence-corrected chi connectivity index (χ2v) is 3.96. The predicted molar refractivity (Wildman–Crippen MR) is 51.6 cm³/mol. The zero-order chi connectivity index (χ0) is 8.72. The maximum absolute atomic E-state index is 11.3. The van der Waals surface area contributed by atoms with Crippen LogP contribution in [0.2, 0.25) is 0 Å². The van der Waals surface area contributed by atoms with Crippen molar-refractivity contribution >= 4 is 18.4 Å². The van der Waals surface area contributed by atoms with Crippen molar-refractivity contribution in [3.63, 3.8) is 0 Å². The SMILES string of the molecule is COC(=O)C1C(N)[C@@H]2CC[C@H]1C2.Cl. The maximum atomic E-state index is 11.3. The number of hydrogen-bond acceptors (Lipinski definition) is 3. The number of hydrogen-bond donors (Lipinski definition) is 1. The van der Waals surface area contributed by atoms with Crippen LogP contribution < -0.4 is 5.73 Å². The van der Waals surface area contributed by atoms with Gasteiger partial charge < -0.3 is 10.5 Å². The van der Waals surface area contributed by atoms with Gasteiger partial charge in [0.2, 0.25) is 0 Å². The number of esters is 1. The van der Waals surface area contributed by atoms with E-state index in [1.807, 2.05) is 0 Å². The van der Waals surface area contributed by atoms with Crippen LogP contribution >= 0.6 is 12.4 Å². The molecular formula is C9H16ClNO2. The minimum atomic E-state index is -0.102. The van der Waals surface area contributed by atoms with Crippen LogP contribution in [0.25, 0.3) is 0 Å². The van der Waals surface area contributed by atoms with Crippen LogP contribution in [-0.4, -0.2) is 19.1 Å². The molecule has 0 amide bonds. The van der Waals surface area contributed by atoms with E-state index in [9.17, 15) is 4.79 Å². The number of fused-ring (bicyclic) bond motifs is 2. The Hall–Kier alpha value is -0.280. The van der Waals surface area contributed by atoms with Crippen LogP contribution in [0.1, 0.15) is 19.3 Å². The predicted octanol–water partition coefficient (Wildman–Crippen LogP) is 0.955. The molecule has 2 N–H and O–H groups in total. The highest BCUT2D eigenvalue weighted by molar-refractivity contribution is 5.85. The third-order valence-electron chi connectivity index (χ3n) is 3.45. The molecule has 0 aliphatic heterocycles. The van der Waals surface area contributed by atoms with Gasteiger partial charge in [0.1, 0.15) is 0 Å². The molecule has 0 saturated heterocycles. The molecule has 0 spiro atoms. The van der Waals surface area contributed by atoms with Crippen molar-refractivity contribution < 1.29 is 9.53 Å². The summed E-state index contributed by atoms with van der Waals surface area (Å²) in [4.78, 5) is 11.3. The van der Waals surface area contributed by atoms with Gasteiger partial charge in [0, 0.05) is 6.04 Å². The molecule has 2 unspecified atom stereocenters. The number of nitrogens with two attached hydrogens (primary N) is 1. The zero-order valence-corrected chi connectivity index (χ0v) is 8.55. The lowest BCUT2D eigenvalue weighted by atomic mass is 9.85. The first-order valence-corrected chi connectivity index (χ1v) is 4.57. The summed E-state index contributed by atoms with van der Waals surface area (Å²) in [6, 6.07) is 0.0659. The summed E-state index contributed by atoms with van der Waals surface area (Å²) in [6.07, 6.45) is 3.51. The first-order valence-electron chi connectivity index (χ1n) is 4.57. The van der Waals surface area contributed by atoms with E-state index in [4.69, 9.17) is 10.5 Å². The molecule has 4 atom stereocenters. The molecule has 0 aromatic heterocycles. The third kappa shape index (κ3) is 1.55. The number of carbonyl (C=O) groups is 1. The van der Waals surface area contributed by atoms with Crippen molar-refractivity contribution in [2.45, 2.75) is 25.3 Å². The Morgan fingerprint density at radius 1 is 1.38 bits per heavy atom. The molecule has 76 valence electrons. The van der Waals surface area contributed by atoms with Crippen LogP contribution in [-0.2, 0) is 9.53 Å². The largest absolute Gasteiger partial charge is 0.469 e. The molecule has 4 heteroatoms. The lowest BCUT2D eigenvalue weighted by molar-refractivity contribution is -0.147. The van der Waals surface area contributed by atoms with Gasteiger partial charge in [0.05, 0.1) is 13.0 Å². The lowest BCUT2D eigenvalue weighted by Crippen LogP contribution is -2.40. The first kappa shape index (κ1) is 10.8. The summed E-state index contributed by atoms with van der Waals surface area (Å²) in [7, 11) is 1.45. The number of rotatable bonds is 1. The van der Waals surface area contributed by atoms with Gasteiger partial charge in [-0.05, 0) is 31.1 Å². The smallest absolute Gasteiger partial charge is 0.310 e. The summed E-state index contributed by atoms with van der Waals surface area (Å²) < 4.78 is 4.74. The van der Waals surface area contributed by atoms with Crippen LogP contribution in [0.15, 0.2) is 0 Å². The topological polar surface area (TPSA) is 52.3 Å². The standard InChI is InChI=1S/C9H15NO2.ClH/c1-12-9(11)7-5-2-3-6(4-5)8(7)10;/h5-8H,2-4,10H2,1H3;1H/t5-,6+,7?,8?;/m0./s1. The molecular weight excluding hydrogens is 190 g/mol.